The molecule has 1 heterocycles. The van der Waals surface area contributed by atoms with E-state index in [1.807, 2.05) is 30.0 Å². The highest BCUT2D eigenvalue weighted by atomic mass is 32.2. The SMILES string of the molecule is CNS(=O)(=O)c1ccc(CNC(=O)N2CC3(CCCC3)c3cc(-c4ccc(NC(C)=O)cc4C)ccc32)cc1. The zero-order valence-electron chi connectivity index (χ0n) is 22.5. The molecule has 9 heteroatoms. The van der Waals surface area contributed by atoms with E-state index in [1.54, 1.807) is 12.1 Å². The second-order valence-electron chi connectivity index (χ2n) is 10.5. The molecule has 0 atom stereocenters. The van der Waals surface area contributed by atoms with Crippen molar-refractivity contribution in [3.05, 3.63) is 77.4 Å². The Morgan fingerprint density at radius 2 is 1.69 bits per heavy atom. The fraction of sp³-hybridized carbons (Fsp3) is 0.333. The maximum atomic E-state index is 13.4. The molecular weight excluding hydrogens is 512 g/mol. The first-order valence-corrected chi connectivity index (χ1v) is 14.7. The van der Waals surface area contributed by atoms with E-state index in [2.05, 4.69) is 33.6 Å². The van der Waals surface area contributed by atoms with Gasteiger partial charge in [-0.05, 0) is 91.0 Å². The van der Waals surface area contributed by atoms with E-state index in [4.69, 9.17) is 0 Å². The van der Waals surface area contributed by atoms with E-state index in [1.165, 1.54) is 31.7 Å². The quantitative estimate of drug-likeness (QED) is 0.401. The molecule has 3 aromatic carbocycles. The minimum absolute atomic E-state index is 0.0458. The van der Waals surface area contributed by atoms with E-state index in [-0.39, 0.29) is 22.2 Å². The van der Waals surface area contributed by atoms with Crippen LogP contribution in [0.4, 0.5) is 16.2 Å². The molecule has 0 aromatic heterocycles. The van der Waals surface area contributed by atoms with Gasteiger partial charge >= 0.3 is 6.03 Å². The van der Waals surface area contributed by atoms with E-state index < -0.39 is 10.0 Å². The van der Waals surface area contributed by atoms with E-state index in [0.717, 1.165) is 59.3 Å². The fourth-order valence-electron chi connectivity index (χ4n) is 5.94. The third-order valence-electron chi connectivity index (χ3n) is 7.93. The number of nitrogens with one attached hydrogen (secondary N) is 3. The van der Waals surface area contributed by atoms with Crippen molar-refractivity contribution < 1.29 is 18.0 Å². The first-order valence-electron chi connectivity index (χ1n) is 13.2. The van der Waals surface area contributed by atoms with Crippen molar-refractivity contribution in [1.82, 2.24) is 10.0 Å². The van der Waals surface area contributed by atoms with Crippen LogP contribution in [0.3, 0.4) is 0 Å². The average Bonchev–Trinajstić information content (AvgIpc) is 3.52. The topological polar surface area (TPSA) is 108 Å². The monoisotopic (exact) mass is 546 g/mol. The zero-order chi connectivity index (χ0) is 27.8. The minimum Gasteiger partial charge on any atom is -0.334 e. The number of anilines is 2. The van der Waals surface area contributed by atoms with Crippen LogP contribution in [0.25, 0.3) is 11.1 Å². The van der Waals surface area contributed by atoms with E-state index in [0.29, 0.717) is 13.1 Å². The number of rotatable bonds is 6. The van der Waals surface area contributed by atoms with Crippen LogP contribution >= 0.6 is 0 Å². The lowest BCUT2D eigenvalue weighted by molar-refractivity contribution is -0.114. The van der Waals surface area contributed by atoms with Crippen molar-refractivity contribution in [2.45, 2.75) is 56.4 Å². The third kappa shape index (κ3) is 5.29. The first-order chi connectivity index (χ1) is 18.6. The Labute approximate surface area is 229 Å². The number of sulfonamides is 1. The molecule has 3 aromatic rings. The number of hydrogen-bond acceptors (Lipinski definition) is 4. The summed E-state index contributed by atoms with van der Waals surface area (Å²) in [6, 6.07) is 18.7. The molecule has 1 saturated carbocycles. The molecule has 3 amide bonds. The number of hydrogen-bond donors (Lipinski definition) is 3. The highest BCUT2D eigenvalue weighted by molar-refractivity contribution is 7.89. The van der Waals surface area contributed by atoms with Gasteiger partial charge in [-0.1, -0.05) is 37.1 Å². The zero-order valence-corrected chi connectivity index (χ0v) is 23.3. The number of fused-ring (bicyclic) bond motifs is 2. The van der Waals surface area contributed by atoms with Crippen molar-refractivity contribution in [3.8, 4) is 11.1 Å². The number of carbonyl (C=O) groups is 2. The molecule has 8 nitrogen and oxygen atoms in total. The number of amides is 3. The summed E-state index contributed by atoms with van der Waals surface area (Å²) in [6.45, 7) is 4.49. The van der Waals surface area contributed by atoms with Crippen LogP contribution in [-0.4, -0.2) is 33.9 Å². The number of aryl methyl sites for hydroxylation is 1. The van der Waals surface area contributed by atoms with Crippen LogP contribution in [0.5, 0.6) is 0 Å². The molecule has 3 N–H and O–H groups in total. The maximum Gasteiger partial charge on any atom is 0.322 e. The molecule has 0 saturated heterocycles. The lowest BCUT2D eigenvalue weighted by Gasteiger charge is -2.25. The summed E-state index contributed by atoms with van der Waals surface area (Å²) in [5.41, 5.74) is 7.00. The van der Waals surface area contributed by atoms with Gasteiger partial charge in [-0.25, -0.2) is 17.9 Å². The van der Waals surface area contributed by atoms with Crippen LogP contribution in [-0.2, 0) is 26.8 Å². The van der Waals surface area contributed by atoms with Crippen LogP contribution in [0.1, 0.15) is 49.3 Å². The summed E-state index contributed by atoms with van der Waals surface area (Å²) >= 11 is 0. The van der Waals surface area contributed by atoms with Gasteiger partial charge in [0, 0.05) is 36.8 Å². The van der Waals surface area contributed by atoms with E-state index in [9.17, 15) is 18.0 Å². The third-order valence-corrected chi connectivity index (χ3v) is 9.36. The highest BCUT2D eigenvalue weighted by Crippen LogP contribution is 2.51. The van der Waals surface area contributed by atoms with Crippen LogP contribution in [0.15, 0.2) is 65.6 Å². The summed E-state index contributed by atoms with van der Waals surface area (Å²) in [4.78, 5) is 26.9. The molecule has 1 fully saturated rings. The van der Waals surface area contributed by atoms with Gasteiger partial charge in [0.1, 0.15) is 0 Å². The summed E-state index contributed by atoms with van der Waals surface area (Å²) in [7, 11) is -2.12. The molecule has 1 aliphatic carbocycles. The van der Waals surface area contributed by atoms with Gasteiger partial charge in [-0.15, -0.1) is 0 Å². The predicted octanol–water partition coefficient (Wildman–Crippen LogP) is 5.07. The number of carbonyl (C=O) groups excluding carboxylic acids is 2. The largest absolute Gasteiger partial charge is 0.334 e. The second-order valence-corrected chi connectivity index (χ2v) is 12.4. The van der Waals surface area contributed by atoms with Crippen molar-refractivity contribution in [2.75, 3.05) is 23.8 Å². The van der Waals surface area contributed by atoms with Crippen LogP contribution < -0.4 is 20.3 Å². The summed E-state index contributed by atoms with van der Waals surface area (Å²) in [5.74, 6) is -0.0972. The highest BCUT2D eigenvalue weighted by Gasteiger charge is 2.46. The van der Waals surface area contributed by atoms with Crippen molar-refractivity contribution in [2.24, 2.45) is 0 Å². The van der Waals surface area contributed by atoms with Gasteiger partial charge in [0.15, 0.2) is 0 Å². The predicted molar refractivity (Wildman–Crippen MR) is 153 cm³/mol. The molecule has 0 bridgehead atoms. The molecule has 39 heavy (non-hydrogen) atoms. The van der Waals surface area contributed by atoms with Crippen molar-refractivity contribution in [3.63, 3.8) is 0 Å². The molecule has 1 aliphatic heterocycles. The molecule has 1 spiro atoms. The number of urea groups is 1. The fourth-order valence-corrected chi connectivity index (χ4v) is 6.67. The second kappa shape index (κ2) is 10.5. The van der Waals surface area contributed by atoms with Crippen molar-refractivity contribution in [1.29, 1.82) is 0 Å². The molecular formula is C30H34N4O4S. The first kappa shape index (κ1) is 26.9. The number of benzene rings is 3. The Kier molecular flexibility index (Phi) is 7.22. The smallest absolute Gasteiger partial charge is 0.322 e. The number of nitrogens with zero attached hydrogens (tertiary/aromatic N) is 1. The summed E-state index contributed by atoms with van der Waals surface area (Å²) in [6.07, 6.45) is 4.39. The van der Waals surface area contributed by atoms with Crippen molar-refractivity contribution >= 4 is 33.3 Å². The van der Waals surface area contributed by atoms with Crippen LogP contribution in [0, 0.1) is 6.92 Å². The Morgan fingerprint density at radius 1 is 0.974 bits per heavy atom. The van der Waals surface area contributed by atoms with Gasteiger partial charge in [0.2, 0.25) is 15.9 Å². The minimum atomic E-state index is -3.50. The summed E-state index contributed by atoms with van der Waals surface area (Å²) < 4.78 is 26.3. The standard InChI is InChI=1S/C30H34N4O4S/c1-20-16-24(33-21(2)35)9-12-26(20)23-8-13-28-27(17-23)30(14-4-5-15-30)19-34(28)29(36)32-18-22-6-10-25(11-7-22)39(37,38)31-3/h6-13,16-17,31H,4-5,14-15,18-19H2,1-3H3,(H,32,36)(H,33,35). The maximum absolute atomic E-state index is 13.4. The van der Waals surface area contributed by atoms with Gasteiger partial charge in [-0.2, -0.15) is 0 Å². The van der Waals surface area contributed by atoms with E-state index >= 15 is 0 Å². The lowest BCUT2D eigenvalue weighted by atomic mass is 9.79. The van der Waals surface area contributed by atoms with Gasteiger partial charge in [-0.3, -0.25) is 9.69 Å². The molecule has 5 rings (SSSR count). The molecule has 0 radical (unpaired) electrons. The lowest BCUT2D eigenvalue weighted by Crippen LogP contribution is -2.41. The summed E-state index contributed by atoms with van der Waals surface area (Å²) in [5, 5.41) is 5.86. The Balaban J connectivity index is 1.38. The van der Waals surface area contributed by atoms with Crippen LogP contribution in [0.2, 0.25) is 0 Å². The Bertz CT molecular complexity index is 1530. The average molecular weight is 547 g/mol. The Hall–Kier alpha value is -3.69. The van der Waals surface area contributed by atoms with Gasteiger partial charge < -0.3 is 10.6 Å². The molecule has 204 valence electrons. The Morgan fingerprint density at radius 3 is 2.33 bits per heavy atom. The van der Waals surface area contributed by atoms with Gasteiger partial charge in [0.05, 0.1) is 4.90 Å². The molecule has 0 unspecified atom stereocenters. The normalized spacial score (nSPS) is 15.8. The molecule has 2 aliphatic rings. The van der Waals surface area contributed by atoms with Gasteiger partial charge in [0.25, 0.3) is 0 Å².